The van der Waals surface area contributed by atoms with Crippen LogP contribution in [0.15, 0.2) is 11.0 Å². The lowest BCUT2D eigenvalue weighted by molar-refractivity contribution is 0.568. The zero-order valence-corrected chi connectivity index (χ0v) is 8.16. The molecule has 1 rings (SSSR count). The standard InChI is InChI=1S/C9H17NS/c1-7-6-9(4-3-5-10)8(2)11-7/h6,8-9H,3-5,10H2,1-2H3. The number of hydrogen-bond acceptors (Lipinski definition) is 2. The summed E-state index contributed by atoms with van der Waals surface area (Å²) in [6.07, 6.45) is 4.83. The van der Waals surface area contributed by atoms with Crippen LogP contribution in [0.25, 0.3) is 0 Å². The van der Waals surface area contributed by atoms with E-state index in [0.29, 0.717) is 0 Å². The van der Waals surface area contributed by atoms with Gasteiger partial charge in [0, 0.05) is 5.25 Å². The molecule has 0 radical (unpaired) electrons. The molecule has 2 atom stereocenters. The van der Waals surface area contributed by atoms with E-state index in [1.54, 1.807) is 0 Å². The molecule has 0 saturated heterocycles. The van der Waals surface area contributed by atoms with Crippen molar-refractivity contribution >= 4 is 11.8 Å². The van der Waals surface area contributed by atoms with Gasteiger partial charge in [0.05, 0.1) is 0 Å². The number of rotatable bonds is 3. The lowest BCUT2D eigenvalue weighted by Gasteiger charge is -2.12. The first kappa shape index (κ1) is 9.14. The third-order valence-corrected chi connectivity index (χ3v) is 3.39. The highest BCUT2D eigenvalue weighted by Gasteiger charge is 2.21. The van der Waals surface area contributed by atoms with Crippen molar-refractivity contribution < 1.29 is 0 Å². The smallest absolute Gasteiger partial charge is 0.0126 e. The fourth-order valence-electron chi connectivity index (χ4n) is 1.53. The van der Waals surface area contributed by atoms with Gasteiger partial charge in [-0.05, 0) is 37.1 Å². The van der Waals surface area contributed by atoms with Gasteiger partial charge >= 0.3 is 0 Å². The van der Waals surface area contributed by atoms with E-state index in [2.05, 4.69) is 19.9 Å². The van der Waals surface area contributed by atoms with Crippen LogP contribution in [0, 0.1) is 5.92 Å². The van der Waals surface area contributed by atoms with E-state index in [0.717, 1.165) is 17.7 Å². The van der Waals surface area contributed by atoms with Crippen molar-refractivity contribution in [2.24, 2.45) is 11.7 Å². The van der Waals surface area contributed by atoms with Gasteiger partial charge in [-0.25, -0.2) is 0 Å². The molecule has 0 spiro atoms. The summed E-state index contributed by atoms with van der Waals surface area (Å²) < 4.78 is 0. The third-order valence-electron chi connectivity index (χ3n) is 2.17. The van der Waals surface area contributed by atoms with Gasteiger partial charge in [0.25, 0.3) is 0 Å². The molecule has 1 aliphatic rings. The van der Waals surface area contributed by atoms with E-state index < -0.39 is 0 Å². The molecular formula is C9H17NS. The Balaban J connectivity index is 2.33. The minimum Gasteiger partial charge on any atom is -0.330 e. The molecule has 0 amide bonds. The molecule has 2 heteroatoms. The molecule has 11 heavy (non-hydrogen) atoms. The highest BCUT2D eigenvalue weighted by molar-refractivity contribution is 8.03. The summed E-state index contributed by atoms with van der Waals surface area (Å²) in [7, 11) is 0. The number of allylic oxidation sites excluding steroid dienone is 2. The Morgan fingerprint density at radius 3 is 2.82 bits per heavy atom. The second kappa shape index (κ2) is 4.17. The van der Waals surface area contributed by atoms with Crippen molar-refractivity contribution in [3.05, 3.63) is 11.0 Å². The van der Waals surface area contributed by atoms with Crippen LogP contribution in [-0.2, 0) is 0 Å². The maximum absolute atomic E-state index is 5.46. The summed E-state index contributed by atoms with van der Waals surface area (Å²) in [5.74, 6) is 0.781. The molecule has 0 aromatic rings. The Morgan fingerprint density at radius 2 is 2.36 bits per heavy atom. The Kier molecular flexibility index (Phi) is 3.46. The van der Waals surface area contributed by atoms with Gasteiger partial charge in [0.15, 0.2) is 0 Å². The van der Waals surface area contributed by atoms with Crippen LogP contribution in [-0.4, -0.2) is 11.8 Å². The largest absolute Gasteiger partial charge is 0.330 e. The Labute approximate surface area is 73.4 Å². The zero-order chi connectivity index (χ0) is 8.27. The minimum atomic E-state index is 0.779. The molecule has 0 aromatic heterocycles. The first-order valence-electron chi connectivity index (χ1n) is 4.29. The van der Waals surface area contributed by atoms with Crippen LogP contribution in [0.4, 0.5) is 0 Å². The number of thioether (sulfide) groups is 1. The van der Waals surface area contributed by atoms with Gasteiger partial charge in [-0.1, -0.05) is 13.0 Å². The molecule has 64 valence electrons. The Hall–Kier alpha value is 0.0500. The van der Waals surface area contributed by atoms with Crippen molar-refractivity contribution in [2.45, 2.75) is 31.9 Å². The zero-order valence-electron chi connectivity index (χ0n) is 7.34. The number of nitrogens with two attached hydrogens (primary N) is 1. The summed E-state index contributed by atoms with van der Waals surface area (Å²) in [5, 5.41) is 0.779. The van der Waals surface area contributed by atoms with Crippen LogP contribution in [0.5, 0.6) is 0 Å². The lowest BCUT2D eigenvalue weighted by Crippen LogP contribution is -2.09. The quantitative estimate of drug-likeness (QED) is 0.705. The van der Waals surface area contributed by atoms with Crippen molar-refractivity contribution in [1.29, 1.82) is 0 Å². The number of hydrogen-bond donors (Lipinski definition) is 1. The average Bonchev–Trinajstić information content (AvgIpc) is 2.26. The van der Waals surface area contributed by atoms with Gasteiger partial charge in [0.1, 0.15) is 0 Å². The van der Waals surface area contributed by atoms with E-state index in [-0.39, 0.29) is 0 Å². The highest BCUT2D eigenvalue weighted by atomic mass is 32.2. The van der Waals surface area contributed by atoms with Gasteiger partial charge in [0.2, 0.25) is 0 Å². The normalized spacial score (nSPS) is 30.6. The molecule has 2 unspecified atom stereocenters. The van der Waals surface area contributed by atoms with E-state index >= 15 is 0 Å². The van der Waals surface area contributed by atoms with Gasteiger partial charge in [-0.2, -0.15) is 0 Å². The SMILES string of the molecule is CC1=CC(CCCN)C(C)S1. The van der Waals surface area contributed by atoms with Crippen molar-refractivity contribution in [3.8, 4) is 0 Å². The van der Waals surface area contributed by atoms with Crippen LogP contribution in [0.1, 0.15) is 26.7 Å². The van der Waals surface area contributed by atoms with E-state index in [1.165, 1.54) is 17.7 Å². The van der Waals surface area contributed by atoms with Gasteiger partial charge in [-0.3, -0.25) is 0 Å². The first-order valence-corrected chi connectivity index (χ1v) is 5.17. The third kappa shape index (κ3) is 2.53. The summed E-state index contributed by atoms with van der Waals surface area (Å²) >= 11 is 2.00. The van der Waals surface area contributed by atoms with E-state index in [1.807, 2.05) is 11.8 Å². The predicted octanol–water partition coefficient (Wildman–Crippen LogP) is 2.38. The van der Waals surface area contributed by atoms with Gasteiger partial charge < -0.3 is 5.73 Å². The molecule has 0 saturated carbocycles. The van der Waals surface area contributed by atoms with Crippen LogP contribution >= 0.6 is 11.8 Å². The second-order valence-corrected chi connectivity index (χ2v) is 4.82. The molecule has 2 N–H and O–H groups in total. The van der Waals surface area contributed by atoms with Crippen LogP contribution < -0.4 is 5.73 Å². The minimum absolute atomic E-state index is 0.779. The fraction of sp³-hybridized carbons (Fsp3) is 0.778. The van der Waals surface area contributed by atoms with E-state index in [9.17, 15) is 0 Å². The lowest BCUT2D eigenvalue weighted by atomic mass is 10.00. The van der Waals surface area contributed by atoms with Crippen LogP contribution in [0.3, 0.4) is 0 Å². The molecule has 0 fully saturated rings. The molecule has 0 aliphatic carbocycles. The van der Waals surface area contributed by atoms with Gasteiger partial charge in [-0.15, -0.1) is 11.8 Å². The van der Waals surface area contributed by atoms with E-state index in [4.69, 9.17) is 5.73 Å². The predicted molar refractivity (Wildman–Crippen MR) is 52.6 cm³/mol. The van der Waals surface area contributed by atoms with Crippen molar-refractivity contribution in [3.63, 3.8) is 0 Å². The average molecular weight is 171 g/mol. The molecule has 0 aromatic carbocycles. The summed E-state index contributed by atoms with van der Waals surface area (Å²) in [6.45, 7) is 5.34. The summed E-state index contributed by atoms with van der Waals surface area (Å²) in [6, 6.07) is 0. The highest BCUT2D eigenvalue weighted by Crippen LogP contribution is 2.37. The Morgan fingerprint density at radius 1 is 1.64 bits per heavy atom. The fourth-order valence-corrected chi connectivity index (χ4v) is 2.76. The molecule has 1 heterocycles. The molecular weight excluding hydrogens is 154 g/mol. The molecule has 0 bridgehead atoms. The van der Waals surface area contributed by atoms with Crippen molar-refractivity contribution in [2.75, 3.05) is 6.54 Å². The Bertz CT molecular complexity index is 154. The van der Waals surface area contributed by atoms with Crippen molar-refractivity contribution in [1.82, 2.24) is 0 Å². The maximum Gasteiger partial charge on any atom is 0.0126 e. The summed E-state index contributed by atoms with van der Waals surface area (Å²) in [4.78, 5) is 1.49. The molecule has 1 aliphatic heterocycles. The molecule has 1 nitrogen and oxygen atoms in total. The maximum atomic E-state index is 5.46. The summed E-state index contributed by atoms with van der Waals surface area (Å²) in [5.41, 5.74) is 5.46. The second-order valence-electron chi connectivity index (χ2n) is 3.20. The first-order chi connectivity index (χ1) is 5.24. The monoisotopic (exact) mass is 171 g/mol. The topological polar surface area (TPSA) is 26.0 Å². The van der Waals surface area contributed by atoms with Crippen LogP contribution in [0.2, 0.25) is 0 Å².